The van der Waals surface area contributed by atoms with Gasteiger partial charge in [-0.05, 0) is 31.2 Å². The Morgan fingerprint density at radius 2 is 1.90 bits per heavy atom. The van der Waals surface area contributed by atoms with Crippen LogP contribution in [0.25, 0.3) is 5.69 Å². The fourth-order valence-corrected chi connectivity index (χ4v) is 1.76. The maximum atomic E-state index is 13.2. The van der Waals surface area contributed by atoms with Gasteiger partial charge in [-0.1, -0.05) is 0 Å². The molecule has 0 saturated heterocycles. The van der Waals surface area contributed by atoms with Gasteiger partial charge in [-0.15, -0.1) is 0 Å². The number of nitrogens with zero attached hydrogens (tertiary/aromatic N) is 2. The van der Waals surface area contributed by atoms with E-state index in [0.29, 0.717) is 4.68 Å². The second kappa shape index (κ2) is 5.55. The highest BCUT2D eigenvalue weighted by Gasteiger charge is 2.41. The quantitative estimate of drug-likeness (QED) is 0.646. The molecule has 0 spiro atoms. The first-order valence-corrected chi connectivity index (χ1v) is 5.93. The second-order valence-corrected chi connectivity index (χ2v) is 4.01. The van der Waals surface area contributed by atoms with Crippen LogP contribution in [-0.2, 0) is 10.9 Å². The lowest BCUT2D eigenvalue weighted by molar-refractivity contribution is -0.143. The van der Waals surface area contributed by atoms with Crippen LogP contribution >= 0.6 is 0 Å². The monoisotopic (exact) mass is 302 g/mol. The number of halogens is 4. The number of ether oxygens (including phenoxy) is 1. The van der Waals surface area contributed by atoms with Crippen molar-refractivity contribution in [2.45, 2.75) is 13.1 Å². The van der Waals surface area contributed by atoms with Gasteiger partial charge in [0.15, 0.2) is 5.69 Å². The largest absolute Gasteiger partial charge is 0.462 e. The summed E-state index contributed by atoms with van der Waals surface area (Å²) in [5.41, 5.74) is -1.96. The first-order valence-electron chi connectivity index (χ1n) is 5.93. The van der Waals surface area contributed by atoms with Crippen LogP contribution in [0.15, 0.2) is 30.5 Å². The Morgan fingerprint density at radius 3 is 2.43 bits per heavy atom. The Balaban J connectivity index is 2.57. The van der Waals surface area contributed by atoms with Gasteiger partial charge >= 0.3 is 12.1 Å². The Morgan fingerprint density at radius 1 is 1.29 bits per heavy atom. The highest BCUT2D eigenvalue weighted by molar-refractivity contribution is 5.90. The van der Waals surface area contributed by atoms with Crippen LogP contribution in [-0.4, -0.2) is 22.4 Å². The van der Waals surface area contributed by atoms with Crippen molar-refractivity contribution in [1.82, 2.24) is 9.78 Å². The van der Waals surface area contributed by atoms with E-state index in [4.69, 9.17) is 0 Å². The average molecular weight is 302 g/mol. The van der Waals surface area contributed by atoms with Crippen LogP contribution in [0.2, 0.25) is 0 Å². The van der Waals surface area contributed by atoms with Crippen molar-refractivity contribution in [3.63, 3.8) is 0 Å². The Kier molecular flexibility index (Phi) is 3.97. The molecule has 0 aliphatic heterocycles. The Labute approximate surface area is 116 Å². The fourth-order valence-electron chi connectivity index (χ4n) is 1.76. The molecule has 0 aliphatic carbocycles. The van der Waals surface area contributed by atoms with Crippen molar-refractivity contribution < 1.29 is 27.1 Å². The molecule has 1 heterocycles. The summed E-state index contributed by atoms with van der Waals surface area (Å²) in [6, 6.07) is 4.27. The molecule has 0 saturated carbocycles. The van der Waals surface area contributed by atoms with E-state index < -0.39 is 29.2 Å². The van der Waals surface area contributed by atoms with Crippen molar-refractivity contribution in [1.29, 1.82) is 0 Å². The zero-order valence-corrected chi connectivity index (χ0v) is 10.8. The molecule has 0 N–H and O–H groups in total. The van der Waals surface area contributed by atoms with E-state index in [-0.39, 0.29) is 12.3 Å². The van der Waals surface area contributed by atoms with Gasteiger partial charge in [0.05, 0.1) is 18.5 Å². The first-order chi connectivity index (χ1) is 9.84. The molecule has 0 fully saturated rings. The van der Waals surface area contributed by atoms with Crippen LogP contribution in [0.3, 0.4) is 0 Å². The summed E-state index contributed by atoms with van der Waals surface area (Å²) in [4.78, 5) is 11.6. The lowest BCUT2D eigenvalue weighted by Crippen LogP contribution is -2.18. The molecule has 0 unspecified atom stereocenters. The van der Waals surface area contributed by atoms with Crippen molar-refractivity contribution in [2.75, 3.05) is 6.61 Å². The van der Waals surface area contributed by atoms with Crippen molar-refractivity contribution >= 4 is 5.97 Å². The normalized spacial score (nSPS) is 11.5. The van der Waals surface area contributed by atoms with Crippen LogP contribution < -0.4 is 0 Å². The lowest BCUT2D eigenvalue weighted by Gasteiger charge is -2.12. The van der Waals surface area contributed by atoms with Crippen molar-refractivity contribution in [3.05, 3.63) is 47.5 Å². The highest BCUT2D eigenvalue weighted by Crippen LogP contribution is 2.34. The van der Waals surface area contributed by atoms with Gasteiger partial charge in [-0.2, -0.15) is 18.3 Å². The van der Waals surface area contributed by atoms with Crippen molar-refractivity contribution in [3.8, 4) is 5.69 Å². The summed E-state index contributed by atoms with van der Waals surface area (Å²) in [6.07, 6.45) is -4.03. The molecule has 0 amide bonds. The molecule has 4 nitrogen and oxygen atoms in total. The lowest BCUT2D eigenvalue weighted by atomic mass is 10.2. The summed E-state index contributed by atoms with van der Waals surface area (Å²) in [6.45, 7) is 1.42. The predicted octanol–water partition coefficient (Wildman–Crippen LogP) is 3.21. The predicted molar refractivity (Wildman–Crippen MR) is 64.5 cm³/mol. The van der Waals surface area contributed by atoms with E-state index in [0.717, 1.165) is 30.5 Å². The molecule has 1 aromatic heterocycles. The summed E-state index contributed by atoms with van der Waals surface area (Å²) in [5, 5.41) is 3.56. The fraction of sp³-hybridized carbons (Fsp3) is 0.231. The molecule has 0 radical (unpaired) electrons. The summed E-state index contributed by atoms with van der Waals surface area (Å²) >= 11 is 0. The zero-order chi connectivity index (χ0) is 15.6. The van der Waals surface area contributed by atoms with Gasteiger partial charge in [-0.3, -0.25) is 0 Å². The Bertz CT molecular complexity index is 647. The van der Waals surface area contributed by atoms with E-state index in [1.54, 1.807) is 0 Å². The molecular formula is C13H10F4N2O2. The molecule has 0 atom stereocenters. The topological polar surface area (TPSA) is 44.1 Å². The molecular weight excluding hydrogens is 292 g/mol. The number of alkyl halides is 3. The number of carbonyl (C=O) groups excluding carboxylic acids is 1. The molecule has 112 valence electrons. The van der Waals surface area contributed by atoms with Gasteiger partial charge in [0, 0.05) is 0 Å². The van der Waals surface area contributed by atoms with E-state index in [2.05, 4.69) is 9.84 Å². The number of esters is 1. The number of benzene rings is 1. The third-order valence-electron chi connectivity index (χ3n) is 2.60. The van der Waals surface area contributed by atoms with E-state index in [1.165, 1.54) is 6.92 Å². The summed E-state index contributed by atoms with van der Waals surface area (Å²) < 4.78 is 57.5. The highest BCUT2D eigenvalue weighted by atomic mass is 19.4. The van der Waals surface area contributed by atoms with E-state index in [1.807, 2.05) is 0 Å². The van der Waals surface area contributed by atoms with Crippen LogP contribution in [0.4, 0.5) is 17.6 Å². The minimum atomic E-state index is -4.81. The van der Waals surface area contributed by atoms with Gasteiger partial charge in [-0.25, -0.2) is 13.9 Å². The van der Waals surface area contributed by atoms with Gasteiger partial charge in [0.2, 0.25) is 0 Å². The average Bonchev–Trinajstić information content (AvgIpc) is 2.84. The number of carbonyl (C=O) groups is 1. The molecule has 2 rings (SSSR count). The van der Waals surface area contributed by atoms with Crippen LogP contribution in [0, 0.1) is 5.82 Å². The minimum absolute atomic E-state index is 0.0146. The second-order valence-electron chi connectivity index (χ2n) is 4.01. The smallest absolute Gasteiger partial charge is 0.434 e. The number of rotatable bonds is 3. The Hall–Kier alpha value is -2.38. The third kappa shape index (κ3) is 3.04. The molecule has 8 heteroatoms. The van der Waals surface area contributed by atoms with Crippen LogP contribution in [0.5, 0.6) is 0 Å². The van der Waals surface area contributed by atoms with Gasteiger partial charge < -0.3 is 4.74 Å². The van der Waals surface area contributed by atoms with Gasteiger partial charge in [0.1, 0.15) is 11.4 Å². The minimum Gasteiger partial charge on any atom is -0.462 e. The molecule has 0 aliphatic rings. The zero-order valence-electron chi connectivity index (χ0n) is 10.8. The number of aromatic nitrogens is 2. The summed E-state index contributed by atoms with van der Waals surface area (Å²) in [5.74, 6) is -1.71. The SMILES string of the molecule is CCOC(=O)c1cnn(-c2ccc(F)cc2)c1C(F)(F)F. The number of hydrogen-bond donors (Lipinski definition) is 0. The third-order valence-corrected chi connectivity index (χ3v) is 2.60. The molecule has 21 heavy (non-hydrogen) atoms. The number of hydrogen-bond acceptors (Lipinski definition) is 3. The van der Waals surface area contributed by atoms with Gasteiger partial charge in [0.25, 0.3) is 0 Å². The van der Waals surface area contributed by atoms with E-state index >= 15 is 0 Å². The maximum absolute atomic E-state index is 13.2. The standard InChI is InChI=1S/C13H10F4N2O2/c1-2-21-12(20)10-7-18-19(11(10)13(15,16)17)9-5-3-8(14)4-6-9/h3-7H,2H2,1H3. The summed E-state index contributed by atoms with van der Waals surface area (Å²) in [7, 11) is 0. The van der Waals surface area contributed by atoms with Crippen LogP contribution in [0.1, 0.15) is 23.0 Å². The maximum Gasteiger partial charge on any atom is 0.434 e. The van der Waals surface area contributed by atoms with E-state index in [9.17, 15) is 22.4 Å². The molecule has 0 bridgehead atoms. The first kappa shape index (κ1) is 15.0. The molecule has 2 aromatic rings. The molecule has 1 aromatic carbocycles. The van der Waals surface area contributed by atoms with Crippen molar-refractivity contribution in [2.24, 2.45) is 0 Å².